The number of carbonyl (C=O) groups excluding carboxylic acids is 1. The normalized spacial score (nSPS) is 10.4. The second-order valence-corrected chi connectivity index (χ2v) is 6.66. The smallest absolute Gasteiger partial charge is 0.310 e. The van der Waals surface area contributed by atoms with Gasteiger partial charge in [-0.3, -0.25) is 4.79 Å². The first-order valence-corrected chi connectivity index (χ1v) is 9.29. The van der Waals surface area contributed by atoms with Crippen molar-refractivity contribution < 1.29 is 23.4 Å². The van der Waals surface area contributed by atoms with Gasteiger partial charge in [-0.1, -0.05) is 6.07 Å². The summed E-state index contributed by atoms with van der Waals surface area (Å²) < 4.78 is 28.9. The van der Waals surface area contributed by atoms with Gasteiger partial charge in [0.05, 0.1) is 26.3 Å². The van der Waals surface area contributed by atoms with Crippen LogP contribution in [0.3, 0.4) is 0 Å². The number of hydrogen-bond acceptors (Lipinski definition) is 7. The van der Waals surface area contributed by atoms with Crippen LogP contribution < -0.4 is 14.8 Å². The summed E-state index contributed by atoms with van der Waals surface area (Å²) in [5.41, 5.74) is 2.03. The molecule has 0 amide bonds. The fourth-order valence-corrected chi connectivity index (χ4v) is 3.14. The van der Waals surface area contributed by atoms with Crippen LogP contribution in [0.1, 0.15) is 11.3 Å². The summed E-state index contributed by atoms with van der Waals surface area (Å²) in [5.74, 6) is -0.0608. The number of nitrogens with one attached hydrogen (secondary N) is 1. The number of carbonyl (C=O) groups is 1. The predicted molar refractivity (Wildman–Crippen MR) is 105 cm³/mol. The van der Waals surface area contributed by atoms with Crippen molar-refractivity contribution in [3.63, 3.8) is 0 Å². The van der Waals surface area contributed by atoms with Crippen molar-refractivity contribution in [3.05, 3.63) is 64.9 Å². The molecule has 0 aliphatic rings. The summed E-state index contributed by atoms with van der Waals surface area (Å²) in [4.78, 5) is 16.4. The van der Waals surface area contributed by atoms with Crippen molar-refractivity contribution in [2.45, 2.75) is 13.0 Å². The third-order valence-corrected chi connectivity index (χ3v) is 4.65. The molecule has 0 unspecified atom stereocenters. The Labute approximate surface area is 165 Å². The zero-order chi connectivity index (χ0) is 19.9. The summed E-state index contributed by atoms with van der Waals surface area (Å²) in [6.45, 7) is 0.0538. The molecule has 1 heterocycles. The van der Waals surface area contributed by atoms with Crippen molar-refractivity contribution in [2.75, 3.05) is 19.5 Å². The largest absolute Gasteiger partial charge is 0.497 e. The van der Waals surface area contributed by atoms with E-state index in [2.05, 4.69) is 10.3 Å². The van der Waals surface area contributed by atoms with Crippen molar-refractivity contribution in [3.8, 4) is 11.5 Å². The highest BCUT2D eigenvalue weighted by molar-refractivity contribution is 7.13. The maximum absolute atomic E-state index is 13.7. The lowest BCUT2D eigenvalue weighted by Crippen LogP contribution is -2.08. The van der Waals surface area contributed by atoms with Gasteiger partial charge in [0.2, 0.25) is 0 Å². The van der Waals surface area contributed by atoms with Crippen LogP contribution >= 0.6 is 11.3 Å². The van der Waals surface area contributed by atoms with E-state index in [-0.39, 0.29) is 18.8 Å². The van der Waals surface area contributed by atoms with Crippen molar-refractivity contribution in [2.24, 2.45) is 0 Å². The molecule has 6 nitrogen and oxygen atoms in total. The number of nitrogens with zero attached hydrogens (tertiary/aromatic N) is 1. The first kappa shape index (κ1) is 19.6. The van der Waals surface area contributed by atoms with E-state index in [1.165, 1.54) is 30.6 Å². The van der Waals surface area contributed by atoms with Crippen molar-refractivity contribution in [1.82, 2.24) is 4.98 Å². The van der Waals surface area contributed by atoms with Crippen LogP contribution in [-0.4, -0.2) is 25.2 Å². The molecule has 2 aromatic carbocycles. The molecule has 0 spiro atoms. The lowest BCUT2D eigenvalue weighted by Gasteiger charge is -2.06. The highest BCUT2D eigenvalue weighted by atomic mass is 32.1. The summed E-state index contributed by atoms with van der Waals surface area (Å²) in [6.07, 6.45) is -0.0258. The SMILES string of the molecule is COc1ccc(Nc2nc(COC(=O)Cc3ccc(OC)c(F)c3)cs2)cc1. The molecule has 8 heteroatoms. The van der Waals surface area contributed by atoms with Crippen LogP contribution in [0.25, 0.3) is 0 Å². The molecule has 0 aliphatic heterocycles. The van der Waals surface area contributed by atoms with Gasteiger partial charge in [-0.15, -0.1) is 11.3 Å². The maximum atomic E-state index is 13.7. The number of benzene rings is 2. The first-order chi connectivity index (χ1) is 13.6. The van der Waals surface area contributed by atoms with E-state index in [4.69, 9.17) is 14.2 Å². The Morgan fingerprint density at radius 3 is 2.61 bits per heavy atom. The Hall–Kier alpha value is -3.13. The number of esters is 1. The minimum absolute atomic E-state index is 0.0258. The van der Waals surface area contributed by atoms with Crippen LogP contribution in [0.15, 0.2) is 47.8 Å². The summed E-state index contributed by atoms with van der Waals surface area (Å²) in [6, 6.07) is 11.8. The van der Waals surface area contributed by atoms with Gasteiger partial charge in [0.15, 0.2) is 16.7 Å². The fraction of sp³-hybridized carbons (Fsp3) is 0.200. The van der Waals surface area contributed by atoms with E-state index < -0.39 is 11.8 Å². The van der Waals surface area contributed by atoms with Gasteiger partial charge in [0.25, 0.3) is 0 Å². The molecule has 3 rings (SSSR count). The molecule has 1 aromatic heterocycles. The van der Waals surface area contributed by atoms with Crippen molar-refractivity contribution >= 4 is 28.1 Å². The molecule has 0 fully saturated rings. The van der Waals surface area contributed by atoms with E-state index >= 15 is 0 Å². The highest BCUT2D eigenvalue weighted by Crippen LogP contribution is 2.23. The van der Waals surface area contributed by atoms with Crippen LogP contribution in [0.2, 0.25) is 0 Å². The Morgan fingerprint density at radius 2 is 1.93 bits per heavy atom. The monoisotopic (exact) mass is 402 g/mol. The number of anilines is 2. The van der Waals surface area contributed by atoms with E-state index in [1.54, 1.807) is 13.2 Å². The number of ether oxygens (including phenoxy) is 3. The third-order valence-electron chi connectivity index (χ3n) is 3.84. The molecule has 0 saturated carbocycles. The molecule has 28 heavy (non-hydrogen) atoms. The third kappa shape index (κ3) is 5.20. The Morgan fingerprint density at radius 1 is 1.14 bits per heavy atom. The highest BCUT2D eigenvalue weighted by Gasteiger charge is 2.10. The number of rotatable bonds is 8. The Kier molecular flexibility index (Phi) is 6.44. The molecule has 0 aliphatic carbocycles. The molecule has 146 valence electrons. The minimum atomic E-state index is -0.512. The van der Waals surface area contributed by atoms with Gasteiger partial charge in [-0.2, -0.15) is 0 Å². The predicted octanol–water partition coefficient (Wildman–Crippen LogP) is 4.33. The van der Waals surface area contributed by atoms with Gasteiger partial charge in [0, 0.05) is 11.1 Å². The topological polar surface area (TPSA) is 69.7 Å². The molecule has 0 radical (unpaired) electrons. The zero-order valence-electron chi connectivity index (χ0n) is 15.4. The van der Waals surface area contributed by atoms with Crippen molar-refractivity contribution in [1.29, 1.82) is 0 Å². The van der Waals surface area contributed by atoms with E-state index in [1.807, 2.05) is 29.6 Å². The average molecular weight is 402 g/mol. The number of aromatic nitrogens is 1. The second-order valence-electron chi connectivity index (χ2n) is 5.80. The maximum Gasteiger partial charge on any atom is 0.310 e. The molecule has 0 saturated heterocycles. The lowest BCUT2D eigenvalue weighted by atomic mass is 10.1. The first-order valence-electron chi connectivity index (χ1n) is 8.41. The van der Waals surface area contributed by atoms with Gasteiger partial charge in [0.1, 0.15) is 12.4 Å². The van der Waals surface area contributed by atoms with Gasteiger partial charge in [-0.25, -0.2) is 9.37 Å². The van der Waals surface area contributed by atoms with Crippen LogP contribution in [-0.2, 0) is 22.6 Å². The van der Waals surface area contributed by atoms with Crippen LogP contribution in [0.4, 0.5) is 15.2 Å². The molecule has 0 atom stereocenters. The number of halogens is 1. The number of thiazole rings is 1. The van der Waals surface area contributed by atoms with Crippen LogP contribution in [0, 0.1) is 5.82 Å². The summed E-state index contributed by atoms with van der Waals surface area (Å²) >= 11 is 1.41. The Bertz CT molecular complexity index is 944. The number of hydrogen-bond donors (Lipinski definition) is 1. The van der Waals surface area contributed by atoms with Crippen LogP contribution in [0.5, 0.6) is 11.5 Å². The Balaban J connectivity index is 1.50. The second kappa shape index (κ2) is 9.18. The molecule has 1 N–H and O–H groups in total. The summed E-state index contributed by atoms with van der Waals surface area (Å²) in [5, 5.41) is 5.68. The molecule has 0 bridgehead atoms. The quantitative estimate of drug-likeness (QED) is 0.566. The summed E-state index contributed by atoms with van der Waals surface area (Å²) in [7, 11) is 3.00. The van der Waals surface area contributed by atoms with Gasteiger partial charge >= 0.3 is 5.97 Å². The van der Waals surface area contributed by atoms with E-state index in [0.717, 1.165) is 11.4 Å². The van der Waals surface area contributed by atoms with E-state index in [9.17, 15) is 9.18 Å². The minimum Gasteiger partial charge on any atom is -0.497 e. The standard InChI is InChI=1S/C20H19FN2O4S/c1-25-16-6-4-14(5-7-16)22-20-23-15(12-28-20)11-27-19(24)10-13-3-8-18(26-2)17(21)9-13/h3-9,12H,10-11H2,1-2H3,(H,22,23). The molecule has 3 aromatic rings. The number of methoxy groups -OCH3 is 2. The fourth-order valence-electron chi connectivity index (χ4n) is 2.42. The molecular weight excluding hydrogens is 383 g/mol. The average Bonchev–Trinajstić information content (AvgIpc) is 3.14. The van der Waals surface area contributed by atoms with Gasteiger partial charge < -0.3 is 19.5 Å². The van der Waals surface area contributed by atoms with Gasteiger partial charge in [-0.05, 0) is 42.0 Å². The molecular formula is C20H19FN2O4S. The lowest BCUT2D eigenvalue weighted by molar-refractivity contribution is -0.144. The van der Waals surface area contributed by atoms with E-state index in [0.29, 0.717) is 16.4 Å². The zero-order valence-corrected chi connectivity index (χ0v) is 16.2.